The van der Waals surface area contributed by atoms with Crippen molar-refractivity contribution in [2.24, 2.45) is 5.10 Å². The van der Waals surface area contributed by atoms with Crippen molar-refractivity contribution in [2.45, 2.75) is 19.3 Å². The van der Waals surface area contributed by atoms with Gasteiger partial charge in [0.05, 0.1) is 25.0 Å². The summed E-state index contributed by atoms with van der Waals surface area (Å²) in [6.07, 6.45) is 7.79. The molecule has 1 N–H and O–H groups in total. The van der Waals surface area contributed by atoms with Crippen LogP contribution in [0.2, 0.25) is 0 Å². The van der Waals surface area contributed by atoms with Gasteiger partial charge in [-0.2, -0.15) is 5.10 Å². The second-order valence-electron chi connectivity index (χ2n) is 5.33. The number of nitrogens with one attached hydrogen (secondary N) is 1. The highest BCUT2D eigenvalue weighted by Crippen LogP contribution is 2.38. The van der Waals surface area contributed by atoms with E-state index in [-0.39, 0.29) is 5.76 Å². The van der Waals surface area contributed by atoms with Crippen LogP contribution in [0, 0.1) is 0 Å². The van der Waals surface area contributed by atoms with Crippen LogP contribution in [0.15, 0.2) is 28.2 Å². The third kappa shape index (κ3) is 2.44. The molecule has 0 bridgehead atoms. The minimum absolute atomic E-state index is 0.118. The van der Waals surface area contributed by atoms with Gasteiger partial charge in [0.1, 0.15) is 11.2 Å². The first-order chi connectivity index (χ1) is 11.8. The molecule has 0 unspecified atom stereocenters. The van der Waals surface area contributed by atoms with Crippen LogP contribution in [-0.2, 0) is 17.6 Å². The number of hydrazone groups is 1. The number of nitrogens with zero attached hydrogens (tertiary/aromatic N) is 3. The highest BCUT2D eigenvalue weighted by atomic mass is 32.1. The molecule has 0 amide bonds. The number of thiophene rings is 1. The Kier molecular flexibility index (Phi) is 3.73. The Bertz CT molecular complexity index is 944. The highest BCUT2D eigenvalue weighted by Gasteiger charge is 2.21. The molecule has 122 valence electrons. The summed E-state index contributed by atoms with van der Waals surface area (Å²) in [5.41, 5.74) is 4.82. The Morgan fingerprint density at radius 1 is 1.46 bits per heavy atom. The Labute approximate surface area is 141 Å². The van der Waals surface area contributed by atoms with Crippen LogP contribution in [0.25, 0.3) is 10.2 Å². The molecule has 0 atom stereocenters. The zero-order valence-corrected chi connectivity index (χ0v) is 13.7. The number of carbonyl (C=O) groups excluding carboxylic acids is 1. The molecule has 24 heavy (non-hydrogen) atoms. The standard InChI is InChI=1S/C16H14N4O3S/c1-22-16(21)13-9(5-6-23-13)7-19-20-14-12-10-3-2-4-11(10)24-15(12)18-8-17-14/h5-8H,2-4H2,1H3,(H,17,18,20)/b19-7+. The summed E-state index contributed by atoms with van der Waals surface area (Å²) in [5.74, 6) is 0.257. The van der Waals surface area contributed by atoms with Gasteiger partial charge in [0, 0.05) is 10.4 Å². The topological polar surface area (TPSA) is 89.6 Å². The minimum Gasteiger partial charge on any atom is -0.463 e. The lowest BCUT2D eigenvalue weighted by Crippen LogP contribution is -2.03. The fourth-order valence-corrected chi connectivity index (χ4v) is 4.08. The van der Waals surface area contributed by atoms with Crippen molar-refractivity contribution in [2.75, 3.05) is 12.5 Å². The van der Waals surface area contributed by atoms with E-state index in [1.807, 2.05) is 0 Å². The Hall–Kier alpha value is -2.74. The number of rotatable bonds is 4. The SMILES string of the molecule is COC(=O)c1occc1/C=N/Nc1ncnc2sc3c(c12)CCC3. The molecular weight excluding hydrogens is 328 g/mol. The van der Waals surface area contributed by atoms with Crippen LogP contribution in [0.1, 0.15) is 33.0 Å². The number of hydrogen-bond donors (Lipinski definition) is 1. The van der Waals surface area contributed by atoms with E-state index in [2.05, 4.69) is 25.2 Å². The fourth-order valence-electron chi connectivity index (χ4n) is 2.86. The zero-order chi connectivity index (χ0) is 16.5. The first-order valence-corrected chi connectivity index (χ1v) is 8.29. The van der Waals surface area contributed by atoms with E-state index in [1.165, 1.54) is 42.8 Å². The number of esters is 1. The van der Waals surface area contributed by atoms with Crippen LogP contribution in [-0.4, -0.2) is 29.3 Å². The van der Waals surface area contributed by atoms with Crippen LogP contribution in [0.4, 0.5) is 5.82 Å². The molecule has 4 rings (SSSR count). The Morgan fingerprint density at radius 2 is 2.38 bits per heavy atom. The number of anilines is 1. The molecule has 3 aromatic heterocycles. The lowest BCUT2D eigenvalue weighted by molar-refractivity contribution is 0.0565. The van der Waals surface area contributed by atoms with Crippen molar-refractivity contribution in [1.82, 2.24) is 9.97 Å². The third-order valence-corrected chi connectivity index (χ3v) is 5.14. The normalized spacial score (nSPS) is 13.5. The van der Waals surface area contributed by atoms with Gasteiger partial charge in [-0.05, 0) is 30.9 Å². The van der Waals surface area contributed by atoms with Crippen LogP contribution < -0.4 is 5.43 Å². The van der Waals surface area contributed by atoms with E-state index >= 15 is 0 Å². The van der Waals surface area contributed by atoms with Crippen LogP contribution >= 0.6 is 11.3 Å². The summed E-state index contributed by atoms with van der Waals surface area (Å²) in [7, 11) is 1.30. The summed E-state index contributed by atoms with van der Waals surface area (Å²) in [5, 5.41) is 5.24. The molecule has 0 saturated carbocycles. The molecule has 0 radical (unpaired) electrons. The molecule has 8 heteroatoms. The number of aromatic nitrogens is 2. The lowest BCUT2D eigenvalue weighted by Gasteiger charge is -2.02. The largest absolute Gasteiger partial charge is 0.463 e. The zero-order valence-electron chi connectivity index (χ0n) is 12.9. The lowest BCUT2D eigenvalue weighted by atomic mass is 10.2. The van der Waals surface area contributed by atoms with Crippen molar-refractivity contribution >= 4 is 39.6 Å². The van der Waals surface area contributed by atoms with E-state index < -0.39 is 5.97 Å². The molecule has 0 spiro atoms. The predicted octanol–water partition coefficient (Wildman–Crippen LogP) is 3.01. The summed E-state index contributed by atoms with van der Waals surface area (Å²) >= 11 is 1.72. The van der Waals surface area contributed by atoms with Crippen molar-refractivity contribution in [3.63, 3.8) is 0 Å². The fraction of sp³-hybridized carbons (Fsp3) is 0.250. The first kappa shape index (κ1) is 14.8. The number of furan rings is 1. The molecule has 1 aliphatic carbocycles. The second kappa shape index (κ2) is 6.04. The molecule has 3 heterocycles. The van der Waals surface area contributed by atoms with E-state index in [1.54, 1.807) is 17.4 Å². The van der Waals surface area contributed by atoms with E-state index in [9.17, 15) is 4.79 Å². The molecule has 0 aromatic carbocycles. The number of fused-ring (bicyclic) bond motifs is 3. The van der Waals surface area contributed by atoms with Gasteiger partial charge in [-0.3, -0.25) is 5.43 Å². The van der Waals surface area contributed by atoms with Crippen molar-refractivity contribution in [3.8, 4) is 0 Å². The van der Waals surface area contributed by atoms with E-state index in [0.717, 1.165) is 23.1 Å². The molecule has 0 aliphatic heterocycles. The number of aryl methyl sites for hydroxylation is 2. The van der Waals surface area contributed by atoms with Crippen molar-refractivity contribution in [3.05, 3.63) is 40.4 Å². The minimum atomic E-state index is -0.540. The highest BCUT2D eigenvalue weighted by molar-refractivity contribution is 7.19. The summed E-state index contributed by atoms with van der Waals surface area (Å²) < 4.78 is 9.78. The average Bonchev–Trinajstić information content (AvgIpc) is 3.29. The number of carbonyl (C=O) groups is 1. The van der Waals surface area contributed by atoms with Gasteiger partial charge in [-0.15, -0.1) is 11.3 Å². The van der Waals surface area contributed by atoms with Gasteiger partial charge in [-0.1, -0.05) is 0 Å². The van der Waals surface area contributed by atoms with E-state index in [0.29, 0.717) is 11.4 Å². The summed E-state index contributed by atoms with van der Waals surface area (Å²) in [6.45, 7) is 0. The second-order valence-corrected chi connectivity index (χ2v) is 6.41. The van der Waals surface area contributed by atoms with Gasteiger partial charge in [0.2, 0.25) is 5.76 Å². The summed E-state index contributed by atoms with van der Waals surface area (Å²) in [4.78, 5) is 22.6. The Balaban J connectivity index is 1.62. The molecule has 0 saturated heterocycles. The maximum Gasteiger partial charge on any atom is 0.374 e. The van der Waals surface area contributed by atoms with Gasteiger partial charge in [-0.25, -0.2) is 14.8 Å². The quantitative estimate of drug-likeness (QED) is 0.445. The molecule has 3 aromatic rings. The van der Waals surface area contributed by atoms with Gasteiger partial charge in [0.25, 0.3) is 0 Å². The van der Waals surface area contributed by atoms with Crippen LogP contribution in [0.5, 0.6) is 0 Å². The maximum atomic E-state index is 11.6. The average molecular weight is 342 g/mol. The maximum absolute atomic E-state index is 11.6. The first-order valence-electron chi connectivity index (χ1n) is 7.48. The molecule has 1 aliphatic rings. The smallest absolute Gasteiger partial charge is 0.374 e. The van der Waals surface area contributed by atoms with Gasteiger partial charge < -0.3 is 9.15 Å². The third-order valence-electron chi connectivity index (χ3n) is 3.94. The van der Waals surface area contributed by atoms with Crippen LogP contribution in [0.3, 0.4) is 0 Å². The van der Waals surface area contributed by atoms with Crippen molar-refractivity contribution in [1.29, 1.82) is 0 Å². The number of ether oxygens (including phenoxy) is 1. The Morgan fingerprint density at radius 3 is 3.25 bits per heavy atom. The predicted molar refractivity (Wildman–Crippen MR) is 90.7 cm³/mol. The molecular formula is C16H14N4O3S. The monoisotopic (exact) mass is 342 g/mol. The number of hydrogen-bond acceptors (Lipinski definition) is 8. The summed E-state index contributed by atoms with van der Waals surface area (Å²) in [6, 6.07) is 1.65. The van der Waals surface area contributed by atoms with Gasteiger partial charge >= 0.3 is 5.97 Å². The van der Waals surface area contributed by atoms with E-state index in [4.69, 9.17) is 4.42 Å². The molecule has 0 fully saturated rings. The van der Waals surface area contributed by atoms with Gasteiger partial charge in [0.15, 0.2) is 5.82 Å². The number of methoxy groups -OCH3 is 1. The van der Waals surface area contributed by atoms with Crippen molar-refractivity contribution < 1.29 is 13.9 Å². The molecule has 7 nitrogen and oxygen atoms in total.